The van der Waals surface area contributed by atoms with Crippen molar-refractivity contribution in [2.75, 3.05) is 7.11 Å². The summed E-state index contributed by atoms with van der Waals surface area (Å²) in [7, 11) is 1.69. The summed E-state index contributed by atoms with van der Waals surface area (Å²) in [5.74, 6) is 0.910. The fraction of sp³-hybridized carbons (Fsp3) is 0.250. The van der Waals surface area contributed by atoms with E-state index < -0.39 is 0 Å². The summed E-state index contributed by atoms with van der Waals surface area (Å²) in [5, 5.41) is 4.25. The van der Waals surface area contributed by atoms with Crippen LogP contribution in [0.2, 0.25) is 5.02 Å². The maximum absolute atomic E-state index is 6.01. The highest BCUT2D eigenvalue weighted by Gasteiger charge is 2.07. The average Bonchev–Trinajstić information content (AvgIpc) is 2.45. The molecule has 19 heavy (non-hydrogen) atoms. The Balaban J connectivity index is 2.02. The van der Waals surface area contributed by atoms with Gasteiger partial charge >= 0.3 is 0 Å². The molecule has 1 N–H and O–H groups in total. The Morgan fingerprint density at radius 2 is 1.95 bits per heavy atom. The smallest absolute Gasteiger partial charge is 0.123 e. The topological polar surface area (TPSA) is 21.3 Å². The molecule has 0 saturated carbocycles. The van der Waals surface area contributed by atoms with E-state index >= 15 is 0 Å². The lowest BCUT2D eigenvalue weighted by molar-refractivity contribution is 0.406. The number of halogens is 1. The molecule has 0 spiro atoms. The maximum atomic E-state index is 6.01. The van der Waals surface area contributed by atoms with Crippen LogP contribution in [0.4, 0.5) is 0 Å². The molecule has 0 aliphatic carbocycles. The van der Waals surface area contributed by atoms with Gasteiger partial charge in [-0.2, -0.15) is 0 Å². The molecule has 100 valence electrons. The molecule has 1 atom stereocenters. The van der Waals surface area contributed by atoms with Gasteiger partial charge < -0.3 is 10.1 Å². The molecule has 0 unspecified atom stereocenters. The van der Waals surface area contributed by atoms with E-state index in [2.05, 4.69) is 24.4 Å². The van der Waals surface area contributed by atoms with Crippen molar-refractivity contribution < 1.29 is 4.74 Å². The van der Waals surface area contributed by atoms with E-state index in [4.69, 9.17) is 16.3 Å². The van der Waals surface area contributed by atoms with Crippen molar-refractivity contribution in [3.05, 3.63) is 64.7 Å². The Bertz CT molecular complexity index is 542. The second-order valence-corrected chi connectivity index (χ2v) is 4.91. The maximum Gasteiger partial charge on any atom is 0.123 e. The molecule has 2 nitrogen and oxygen atoms in total. The molecular weight excluding hydrogens is 258 g/mol. The fourth-order valence-electron chi connectivity index (χ4n) is 2.01. The molecule has 0 heterocycles. The van der Waals surface area contributed by atoms with E-state index in [1.807, 2.05) is 36.4 Å². The largest absolute Gasteiger partial charge is 0.496 e. The third kappa shape index (κ3) is 3.72. The predicted molar refractivity (Wildman–Crippen MR) is 79.7 cm³/mol. The molecule has 0 aliphatic heterocycles. The molecule has 0 aromatic heterocycles. The van der Waals surface area contributed by atoms with Crippen LogP contribution in [0.5, 0.6) is 5.75 Å². The van der Waals surface area contributed by atoms with Crippen LogP contribution in [0.3, 0.4) is 0 Å². The Hall–Kier alpha value is -1.51. The second-order valence-electron chi connectivity index (χ2n) is 4.47. The third-order valence-electron chi connectivity index (χ3n) is 3.14. The molecule has 0 bridgehead atoms. The monoisotopic (exact) mass is 275 g/mol. The predicted octanol–water partition coefficient (Wildman–Crippen LogP) is 4.20. The molecule has 0 radical (unpaired) electrons. The average molecular weight is 276 g/mol. The Kier molecular flexibility index (Phi) is 4.83. The summed E-state index contributed by atoms with van der Waals surface area (Å²) in [6.45, 7) is 2.89. The van der Waals surface area contributed by atoms with Crippen LogP contribution in [-0.4, -0.2) is 7.11 Å². The summed E-state index contributed by atoms with van der Waals surface area (Å²) < 4.78 is 5.34. The van der Waals surface area contributed by atoms with Crippen molar-refractivity contribution in [2.24, 2.45) is 0 Å². The molecule has 2 aromatic carbocycles. The van der Waals surface area contributed by atoms with Crippen LogP contribution < -0.4 is 10.1 Å². The number of hydrogen-bond donors (Lipinski definition) is 1. The first-order valence-electron chi connectivity index (χ1n) is 6.31. The lowest BCUT2D eigenvalue weighted by Gasteiger charge is -2.16. The molecule has 0 amide bonds. The summed E-state index contributed by atoms with van der Waals surface area (Å²) in [5.41, 5.74) is 2.33. The molecule has 0 saturated heterocycles. The van der Waals surface area contributed by atoms with Gasteiger partial charge in [0.15, 0.2) is 0 Å². The minimum absolute atomic E-state index is 0.239. The van der Waals surface area contributed by atoms with Gasteiger partial charge in [0, 0.05) is 23.2 Å². The summed E-state index contributed by atoms with van der Waals surface area (Å²) in [4.78, 5) is 0. The SMILES string of the molecule is COc1ccccc1CN[C@H](C)c1cccc(Cl)c1. The first-order valence-corrected chi connectivity index (χ1v) is 6.69. The van der Waals surface area contributed by atoms with E-state index in [1.54, 1.807) is 7.11 Å². The van der Waals surface area contributed by atoms with Crippen LogP contribution in [0.15, 0.2) is 48.5 Å². The first-order chi connectivity index (χ1) is 9.20. The highest BCUT2D eigenvalue weighted by Crippen LogP contribution is 2.20. The van der Waals surface area contributed by atoms with Gasteiger partial charge in [-0.05, 0) is 30.7 Å². The Morgan fingerprint density at radius 1 is 1.16 bits per heavy atom. The number of benzene rings is 2. The van der Waals surface area contributed by atoms with Crippen molar-refractivity contribution in [3.63, 3.8) is 0 Å². The van der Waals surface area contributed by atoms with E-state index in [9.17, 15) is 0 Å². The van der Waals surface area contributed by atoms with Crippen LogP contribution in [0.25, 0.3) is 0 Å². The normalized spacial score (nSPS) is 12.2. The molecule has 0 fully saturated rings. The van der Waals surface area contributed by atoms with Gasteiger partial charge in [0.1, 0.15) is 5.75 Å². The zero-order valence-corrected chi connectivity index (χ0v) is 11.9. The van der Waals surface area contributed by atoms with Crippen molar-refractivity contribution in [1.82, 2.24) is 5.32 Å². The van der Waals surface area contributed by atoms with Crippen molar-refractivity contribution in [1.29, 1.82) is 0 Å². The minimum Gasteiger partial charge on any atom is -0.496 e. The second kappa shape index (κ2) is 6.60. The van der Waals surface area contributed by atoms with Gasteiger partial charge in [-0.1, -0.05) is 41.9 Å². The number of para-hydroxylation sites is 1. The Labute approximate surface area is 119 Å². The van der Waals surface area contributed by atoms with Gasteiger partial charge in [-0.15, -0.1) is 0 Å². The zero-order valence-electron chi connectivity index (χ0n) is 11.2. The minimum atomic E-state index is 0.239. The molecule has 2 rings (SSSR count). The number of rotatable bonds is 5. The van der Waals surface area contributed by atoms with E-state index in [0.29, 0.717) is 0 Å². The number of methoxy groups -OCH3 is 1. The van der Waals surface area contributed by atoms with Crippen LogP contribution in [-0.2, 0) is 6.54 Å². The highest BCUT2D eigenvalue weighted by molar-refractivity contribution is 6.30. The highest BCUT2D eigenvalue weighted by atomic mass is 35.5. The van der Waals surface area contributed by atoms with Crippen molar-refractivity contribution >= 4 is 11.6 Å². The molecule has 3 heteroatoms. The first kappa shape index (κ1) is 13.9. The number of ether oxygens (including phenoxy) is 1. The van der Waals surface area contributed by atoms with Gasteiger partial charge in [0.2, 0.25) is 0 Å². The van der Waals surface area contributed by atoms with Crippen molar-refractivity contribution in [2.45, 2.75) is 19.5 Å². The quantitative estimate of drug-likeness (QED) is 0.883. The lowest BCUT2D eigenvalue weighted by Crippen LogP contribution is -2.18. The van der Waals surface area contributed by atoms with E-state index in [1.165, 1.54) is 5.56 Å². The summed E-state index contributed by atoms with van der Waals surface area (Å²) >= 11 is 6.01. The third-order valence-corrected chi connectivity index (χ3v) is 3.37. The summed E-state index contributed by atoms with van der Waals surface area (Å²) in [6.07, 6.45) is 0. The molecular formula is C16H18ClNO. The van der Waals surface area contributed by atoms with Crippen LogP contribution >= 0.6 is 11.6 Å². The fourth-order valence-corrected chi connectivity index (χ4v) is 2.20. The standard InChI is InChI=1S/C16H18ClNO/c1-12(13-7-5-8-15(17)10-13)18-11-14-6-3-4-9-16(14)19-2/h3-10,12,18H,11H2,1-2H3/t12-/m1/s1. The van der Waals surface area contributed by atoms with Gasteiger partial charge in [0.25, 0.3) is 0 Å². The van der Waals surface area contributed by atoms with Crippen molar-refractivity contribution in [3.8, 4) is 5.75 Å². The molecule has 0 aliphatic rings. The van der Waals surface area contributed by atoms with Gasteiger partial charge in [0.05, 0.1) is 7.11 Å². The van der Waals surface area contributed by atoms with E-state index in [0.717, 1.165) is 22.9 Å². The lowest BCUT2D eigenvalue weighted by atomic mass is 10.1. The van der Waals surface area contributed by atoms with Gasteiger partial charge in [-0.25, -0.2) is 0 Å². The van der Waals surface area contributed by atoms with Crippen LogP contribution in [0.1, 0.15) is 24.1 Å². The van der Waals surface area contributed by atoms with Gasteiger partial charge in [-0.3, -0.25) is 0 Å². The van der Waals surface area contributed by atoms with Crippen LogP contribution in [0, 0.1) is 0 Å². The number of nitrogens with one attached hydrogen (secondary N) is 1. The molecule has 2 aromatic rings. The zero-order chi connectivity index (χ0) is 13.7. The summed E-state index contributed by atoms with van der Waals surface area (Å²) in [6, 6.07) is 16.2. The Morgan fingerprint density at radius 3 is 2.68 bits per heavy atom. The van der Waals surface area contributed by atoms with E-state index in [-0.39, 0.29) is 6.04 Å². The number of hydrogen-bond acceptors (Lipinski definition) is 2.